The quantitative estimate of drug-likeness (QED) is 0.744. The van der Waals surface area contributed by atoms with Crippen LogP contribution in [0, 0.1) is 5.92 Å². The lowest BCUT2D eigenvalue weighted by Crippen LogP contribution is -2.35. The van der Waals surface area contributed by atoms with Crippen molar-refractivity contribution in [1.82, 2.24) is 20.4 Å². The Balaban J connectivity index is 0.00000192. The average molecular weight is 337 g/mol. The monoisotopic (exact) mass is 336 g/mol. The van der Waals surface area contributed by atoms with E-state index in [9.17, 15) is 9.90 Å². The molecule has 1 fully saturated rings. The molecule has 6 nitrogen and oxygen atoms in total. The molecule has 2 atom stereocenters. The van der Waals surface area contributed by atoms with E-state index in [1.165, 1.54) is 0 Å². The second kappa shape index (κ2) is 8.10. The summed E-state index contributed by atoms with van der Waals surface area (Å²) in [5.41, 5.74) is 1.83. The van der Waals surface area contributed by atoms with Crippen molar-refractivity contribution in [2.45, 2.75) is 12.5 Å². The van der Waals surface area contributed by atoms with Crippen LogP contribution in [0.3, 0.4) is 0 Å². The van der Waals surface area contributed by atoms with Gasteiger partial charge in [0.05, 0.1) is 24.4 Å². The minimum Gasteiger partial charge on any atom is -0.391 e. The number of aliphatic hydroxyl groups is 1. The van der Waals surface area contributed by atoms with Gasteiger partial charge in [0.25, 0.3) is 0 Å². The summed E-state index contributed by atoms with van der Waals surface area (Å²) < 4.78 is 1.76. The average Bonchev–Trinajstić information content (AvgIpc) is 3.15. The highest BCUT2D eigenvalue weighted by molar-refractivity contribution is 5.85. The number of halogens is 1. The maximum atomic E-state index is 12.0. The Hall–Kier alpha value is -1.89. The number of aliphatic hydroxyl groups excluding tert-OH is 1. The number of aromatic nitrogens is 2. The first-order valence-electron chi connectivity index (χ1n) is 7.47. The molecule has 3 rings (SSSR count). The molecule has 1 aliphatic rings. The molecule has 7 heteroatoms. The predicted octanol–water partition coefficient (Wildman–Crippen LogP) is 0.533. The first kappa shape index (κ1) is 17.5. The van der Waals surface area contributed by atoms with Crippen LogP contribution in [-0.4, -0.2) is 46.5 Å². The van der Waals surface area contributed by atoms with E-state index in [0.717, 1.165) is 17.8 Å². The fourth-order valence-corrected chi connectivity index (χ4v) is 2.59. The Morgan fingerprint density at radius 3 is 2.83 bits per heavy atom. The van der Waals surface area contributed by atoms with E-state index in [-0.39, 0.29) is 30.3 Å². The number of carbonyl (C=O) groups excluding carboxylic acids is 1. The van der Waals surface area contributed by atoms with Crippen LogP contribution in [-0.2, 0) is 11.2 Å². The van der Waals surface area contributed by atoms with Crippen molar-refractivity contribution >= 4 is 18.3 Å². The minimum absolute atomic E-state index is 0. The van der Waals surface area contributed by atoms with Crippen LogP contribution in [0.1, 0.15) is 5.56 Å². The lowest BCUT2D eigenvalue weighted by atomic mass is 10.1. The Morgan fingerprint density at radius 2 is 2.13 bits per heavy atom. The number of β-amino-alcohol motifs (C(OH)–C–C–N with tert-alkyl or cyclic N) is 1. The molecule has 1 aliphatic heterocycles. The molecule has 1 saturated heterocycles. The maximum Gasteiger partial charge on any atom is 0.224 e. The molecule has 1 amide bonds. The van der Waals surface area contributed by atoms with Gasteiger partial charge in [0.2, 0.25) is 5.91 Å². The number of hydrogen-bond donors (Lipinski definition) is 3. The third kappa shape index (κ3) is 4.54. The predicted molar refractivity (Wildman–Crippen MR) is 89.9 cm³/mol. The van der Waals surface area contributed by atoms with Gasteiger partial charge in [0.15, 0.2) is 0 Å². The Labute approximate surface area is 141 Å². The number of rotatable bonds is 5. The molecular formula is C16H21ClN4O2. The van der Waals surface area contributed by atoms with Crippen LogP contribution in [0.2, 0.25) is 0 Å². The smallest absolute Gasteiger partial charge is 0.224 e. The zero-order valence-corrected chi connectivity index (χ0v) is 13.5. The van der Waals surface area contributed by atoms with Gasteiger partial charge in [-0.2, -0.15) is 5.10 Å². The van der Waals surface area contributed by atoms with E-state index in [1.807, 2.05) is 36.5 Å². The van der Waals surface area contributed by atoms with Crippen LogP contribution in [0.15, 0.2) is 42.7 Å². The van der Waals surface area contributed by atoms with Crippen LogP contribution >= 0.6 is 12.4 Å². The summed E-state index contributed by atoms with van der Waals surface area (Å²) in [5.74, 6) is 0.0442. The number of benzene rings is 1. The molecule has 0 spiro atoms. The van der Waals surface area contributed by atoms with E-state index in [1.54, 1.807) is 10.9 Å². The first-order chi connectivity index (χ1) is 10.7. The summed E-state index contributed by atoms with van der Waals surface area (Å²) in [7, 11) is 0. The second-order valence-corrected chi connectivity index (χ2v) is 5.60. The third-order valence-corrected chi connectivity index (χ3v) is 3.89. The number of carbonyl (C=O) groups is 1. The molecule has 124 valence electrons. The largest absolute Gasteiger partial charge is 0.391 e. The lowest BCUT2D eigenvalue weighted by molar-refractivity contribution is -0.120. The molecule has 0 radical (unpaired) electrons. The van der Waals surface area contributed by atoms with Gasteiger partial charge in [-0.1, -0.05) is 18.2 Å². The summed E-state index contributed by atoms with van der Waals surface area (Å²) in [4.78, 5) is 12.0. The molecule has 23 heavy (non-hydrogen) atoms. The van der Waals surface area contributed by atoms with Gasteiger partial charge in [-0.25, -0.2) is 4.68 Å². The van der Waals surface area contributed by atoms with Crippen molar-refractivity contribution in [3.05, 3.63) is 48.3 Å². The van der Waals surface area contributed by atoms with Crippen molar-refractivity contribution in [1.29, 1.82) is 0 Å². The second-order valence-electron chi connectivity index (χ2n) is 5.60. The zero-order chi connectivity index (χ0) is 15.4. The van der Waals surface area contributed by atoms with Gasteiger partial charge in [0.1, 0.15) is 0 Å². The van der Waals surface area contributed by atoms with E-state index in [0.29, 0.717) is 19.5 Å². The zero-order valence-electron chi connectivity index (χ0n) is 12.7. The molecule has 0 bridgehead atoms. The van der Waals surface area contributed by atoms with Crippen molar-refractivity contribution in [3.63, 3.8) is 0 Å². The van der Waals surface area contributed by atoms with Crippen LogP contribution < -0.4 is 10.6 Å². The van der Waals surface area contributed by atoms with Gasteiger partial charge in [0, 0.05) is 31.7 Å². The molecule has 1 aromatic heterocycles. The molecule has 2 heterocycles. The summed E-state index contributed by atoms with van der Waals surface area (Å²) in [6.07, 6.45) is 3.49. The summed E-state index contributed by atoms with van der Waals surface area (Å²) in [6, 6.07) is 9.78. The standard InChI is InChI=1S/C16H20N4O2.ClH/c21-15-10-17-8-13(15)9-18-16(22)6-12-7-19-20(11-12)14-4-2-1-3-5-14;/h1-5,7,11,13,15,17,21H,6,8-10H2,(H,18,22);1H. The van der Waals surface area contributed by atoms with E-state index < -0.39 is 0 Å². The Bertz CT molecular complexity index is 632. The highest BCUT2D eigenvalue weighted by Gasteiger charge is 2.24. The van der Waals surface area contributed by atoms with Gasteiger partial charge in [-0.3, -0.25) is 4.79 Å². The number of hydrogen-bond acceptors (Lipinski definition) is 4. The van der Waals surface area contributed by atoms with E-state index in [4.69, 9.17) is 0 Å². The number of nitrogens with zero attached hydrogens (tertiary/aromatic N) is 2. The van der Waals surface area contributed by atoms with Crippen LogP contribution in [0.25, 0.3) is 5.69 Å². The highest BCUT2D eigenvalue weighted by atomic mass is 35.5. The Morgan fingerprint density at radius 1 is 1.35 bits per heavy atom. The van der Waals surface area contributed by atoms with Crippen LogP contribution in [0.4, 0.5) is 0 Å². The maximum absolute atomic E-state index is 12.0. The summed E-state index contributed by atoms with van der Waals surface area (Å²) in [5, 5.41) is 19.9. The molecular weight excluding hydrogens is 316 g/mol. The van der Waals surface area contributed by atoms with Gasteiger partial charge in [-0.05, 0) is 17.7 Å². The molecule has 0 saturated carbocycles. The van der Waals surface area contributed by atoms with Crippen molar-refractivity contribution in [2.24, 2.45) is 5.92 Å². The van der Waals surface area contributed by atoms with Gasteiger partial charge in [-0.15, -0.1) is 12.4 Å². The normalized spacial score (nSPS) is 20.0. The van der Waals surface area contributed by atoms with E-state index in [2.05, 4.69) is 15.7 Å². The summed E-state index contributed by atoms with van der Waals surface area (Å²) >= 11 is 0. The van der Waals surface area contributed by atoms with Gasteiger partial charge >= 0.3 is 0 Å². The van der Waals surface area contributed by atoms with E-state index >= 15 is 0 Å². The molecule has 2 unspecified atom stereocenters. The highest BCUT2D eigenvalue weighted by Crippen LogP contribution is 2.09. The molecule has 3 N–H and O–H groups in total. The van der Waals surface area contributed by atoms with Crippen molar-refractivity contribution in [3.8, 4) is 5.69 Å². The van der Waals surface area contributed by atoms with Crippen LogP contribution in [0.5, 0.6) is 0 Å². The third-order valence-electron chi connectivity index (χ3n) is 3.89. The van der Waals surface area contributed by atoms with Gasteiger partial charge < -0.3 is 15.7 Å². The lowest BCUT2D eigenvalue weighted by Gasteiger charge is -2.13. The van der Waals surface area contributed by atoms with Crippen molar-refractivity contribution in [2.75, 3.05) is 19.6 Å². The number of amides is 1. The number of para-hydroxylation sites is 1. The topological polar surface area (TPSA) is 79.2 Å². The number of nitrogens with one attached hydrogen (secondary N) is 2. The molecule has 0 aliphatic carbocycles. The van der Waals surface area contributed by atoms with Crippen molar-refractivity contribution < 1.29 is 9.90 Å². The fraction of sp³-hybridized carbons (Fsp3) is 0.375. The molecule has 1 aromatic carbocycles. The summed E-state index contributed by atoms with van der Waals surface area (Å²) in [6.45, 7) is 1.84. The SMILES string of the molecule is Cl.O=C(Cc1cnn(-c2ccccc2)c1)NCC1CNCC1O. The molecule has 2 aromatic rings. The Kier molecular flexibility index (Phi) is 6.15. The minimum atomic E-state index is -0.374. The fourth-order valence-electron chi connectivity index (χ4n) is 2.59. The first-order valence-corrected chi connectivity index (χ1v) is 7.47.